The lowest BCUT2D eigenvalue weighted by Crippen LogP contribution is -2.42. The van der Waals surface area contributed by atoms with Gasteiger partial charge in [-0.05, 0) is 37.8 Å². The summed E-state index contributed by atoms with van der Waals surface area (Å²) in [5, 5.41) is 1.05. The van der Waals surface area contributed by atoms with E-state index in [9.17, 15) is 22.8 Å². The quantitative estimate of drug-likeness (QED) is 0.478. The first kappa shape index (κ1) is 24.7. The molecule has 1 heterocycles. The minimum absolute atomic E-state index is 0.0532. The van der Waals surface area contributed by atoms with E-state index in [0.29, 0.717) is 18.4 Å². The number of allylic oxidation sites excluding steroid dienone is 4. The number of alkyl halides is 3. The van der Waals surface area contributed by atoms with Gasteiger partial charge in [-0.15, -0.1) is 0 Å². The zero-order valence-corrected chi connectivity index (χ0v) is 17.3. The van der Waals surface area contributed by atoms with Crippen molar-refractivity contribution in [2.75, 3.05) is 27.3 Å². The first-order chi connectivity index (χ1) is 13.6. The zero-order valence-electron chi connectivity index (χ0n) is 17.3. The standard InChI is InChI=1S/C20H29F3N2O4/c1-6-9-16(20(21,22)23)11-14-10-15(18(26)24(4)28-5)12-17(7-2)25(13-14)19(27)29-8-3/h6,9,11,15,17H,1,7-8,10,12-13H2,2-5H3/b14-11-,16-9+. The van der Waals surface area contributed by atoms with Crippen LogP contribution in [0.25, 0.3) is 0 Å². The van der Waals surface area contributed by atoms with Crippen molar-refractivity contribution in [2.24, 2.45) is 5.92 Å². The first-order valence-corrected chi connectivity index (χ1v) is 9.43. The molecule has 0 aromatic rings. The molecule has 6 nitrogen and oxygen atoms in total. The number of carbonyl (C=O) groups is 2. The molecule has 0 spiro atoms. The Labute approximate surface area is 169 Å². The summed E-state index contributed by atoms with van der Waals surface area (Å²) in [4.78, 5) is 31.5. The van der Waals surface area contributed by atoms with Gasteiger partial charge in [0.1, 0.15) is 0 Å². The molecule has 0 saturated carbocycles. The minimum Gasteiger partial charge on any atom is -0.450 e. The van der Waals surface area contributed by atoms with Crippen LogP contribution in [0.5, 0.6) is 0 Å². The number of hydrogen-bond acceptors (Lipinski definition) is 4. The maximum absolute atomic E-state index is 13.4. The van der Waals surface area contributed by atoms with Gasteiger partial charge in [0, 0.05) is 25.6 Å². The number of ether oxygens (including phenoxy) is 1. The minimum atomic E-state index is -4.59. The summed E-state index contributed by atoms with van der Waals surface area (Å²) in [5.41, 5.74) is -0.588. The summed E-state index contributed by atoms with van der Waals surface area (Å²) < 4.78 is 45.2. The highest BCUT2D eigenvalue weighted by atomic mass is 19.4. The first-order valence-electron chi connectivity index (χ1n) is 9.43. The van der Waals surface area contributed by atoms with Crippen LogP contribution in [-0.4, -0.2) is 61.5 Å². The van der Waals surface area contributed by atoms with Gasteiger partial charge in [-0.1, -0.05) is 25.7 Å². The van der Waals surface area contributed by atoms with Crippen molar-refractivity contribution in [3.8, 4) is 0 Å². The fourth-order valence-electron chi connectivity index (χ4n) is 3.29. The molecule has 1 rings (SSSR count). The lowest BCUT2D eigenvalue weighted by atomic mass is 9.92. The summed E-state index contributed by atoms with van der Waals surface area (Å²) in [5.74, 6) is -0.988. The number of rotatable bonds is 6. The van der Waals surface area contributed by atoms with Crippen molar-refractivity contribution in [3.63, 3.8) is 0 Å². The van der Waals surface area contributed by atoms with Gasteiger partial charge in [0.15, 0.2) is 0 Å². The molecule has 2 unspecified atom stereocenters. The van der Waals surface area contributed by atoms with Gasteiger partial charge in [0.05, 0.1) is 19.3 Å². The Kier molecular flexibility index (Phi) is 9.42. The van der Waals surface area contributed by atoms with Gasteiger partial charge < -0.3 is 9.64 Å². The molecule has 0 aliphatic carbocycles. The van der Waals surface area contributed by atoms with E-state index in [2.05, 4.69) is 6.58 Å². The molecule has 1 fully saturated rings. The molecule has 0 aromatic carbocycles. The third kappa shape index (κ3) is 6.92. The highest BCUT2D eigenvalue weighted by Crippen LogP contribution is 2.33. The Hall–Kier alpha value is -2.29. The lowest BCUT2D eigenvalue weighted by molar-refractivity contribution is -0.173. The van der Waals surface area contributed by atoms with Crippen LogP contribution >= 0.6 is 0 Å². The number of likely N-dealkylation sites (tertiary alicyclic amines) is 1. The van der Waals surface area contributed by atoms with Crippen LogP contribution in [0.4, 0.5) is 18.0 Å². The second kappa shape index (κ2) is 11.0. The second-order valence-electron chi connectivity index (χ2n) is 6.70. The highest BCUT2D eigenvalue weighted by Gasteiger charge is 2.37. The number of amides is 2. The van der Waals surface area contributed by atoms with Crippen LogP contribution in [0.1, 0.15) is 33.1 Å². The molecule has 0 aromatic heterocycles. The van der Waals surface area contributed by atoms with Gasteiger partial charge in [0.2, 0.25) is 5.91 Å². The van der Waals surface area contributed by atoms with Crippen molar-refractivity contribution < 1.29 is 32.3 Å². The predicted molar refractivity (Wildman–Crippen MR) is 103 cm³/mol. The monoisotopic (exact) mass is 418 g/mol. The average Bonchev–Trinajstić information content (AvgIpc) is 2.85. The van der Waals surface area contributed by atoms with E-state index in [-0.39, 0.29) is 31.5 Å². The van der Waals surface area contributed by atoms with E-state index in [1.165, 1.54) is 19.1 Å². The second-order valence-corrected chi connectivity index (χ2v) is 6.70. The molecule has 0 bridgehead atoms. The number of carbonyl (C=O) groups excluding carboxylic acids is 2. The molecule has 2 amide bonds. The lowest BCUT2D eigenvalue weighted by Gasteiger charge is -2.29. The summed E-state index contributed by atoms with van der Waals surface area (Å²) in [7, 11) is 2.78. The van der Waals surface area contributed by atoms with Crippen LogP contribution in [0, 0.1) is 5.92 Å². The fraction of sp³-hybridized carbons (Fsp3) is 0.600. The summed E-state index contributed by atoms with van der Waals surface area (Å²) in [6.07, 6.45) is -1.40. The largest absolute Gasteiger partial charge is 0.450 e. The Morgan fingerprint density at radius 1 is 1.34 bits per heavy atom. The summed E-state index contributed by atoms with van der Waals surface area (Å²) in [6.45, 7) is 6.93. The van der Waals surface area contributed by atoms with E-state index in [1.54, 1.807) is 6.92 Å². The van der Waals surface area contributed by atoms with Crippen LogP contribution in [0.2, 0.25) is 0 Å². The van der Waals surface area contributed by atoms with Crippen LogP contribution in [0.3, 0.4) is 0 Å². The average molecular weight is 418 g/mol. The van der Waals surface area contributed by atoms with Crippen LogP contribution in [0.15, 0.2) is 36.0 Å². The van der Waals surface area contributed by atoms with Crippen molar-refractivity contribution in [1.29, 1.82) is 0 Å². The van der Waals surface area contributed by atoms with Gasteiger partial charge >= 0.3 is 12.3 Å². The third-order valence-corrected chi connectivity index (χ3v) is 4.77. The van der Waals surface area contributed by atoms with Crippen molar-refractivity contribution in [3.05, 3.63) is 36.0 Å². The van der Waals surface area contributed by atoms with Crippen molar-refractivity contribution >= 4 is 12.0 Å². The molecular formula is C20H29F3N2O4. The van der Waals surface area contributed by atoms with E-state index < -0.39 is 23.8 Å². The number of halogens is 3. The van der Waals surface area contributed by atoms with Gasteiger partial charge in [-0.2, -0.15) is 13.2 Å². The molecule has 1 aliphatic heterocycles. The number of hydroxylamine groups is 2. The molecule has 29 heavy (non-hydrogen) atoms. The van der Waals surface area contributed by atoms with Gasteiger partial charge in [0.25, 0.3) is 0 Å². The predicted octanol–water partition coefficient (Wildman–Crippen LogP) is 4.25. The number of hydrogen-bond donors (Lipinski definition) is 0. The SMILES string of the molecule is C=C/C=C(\C=C1\CC(C(=O)N(C)OC)CC(CC)N(C(=O)OCC)C1)C(F)(F)F. The van der Waals surface area contributed by atoms with Crippen molar-refractivity contribution in [1.82, 2.24) is 9.96 Å². The maximum atomic E-state index is 13.4. The van der Waals surface area contributed by atoms with Crippen LogP contribution in [-0.2, 0) is 14.4 Å². The molecule has 2 atom stereocenters. The Balaban J connectivity index is 3.41. The maximum Gasteiger partial charge on any atom is 0.416 e. The van der Waals surface area contributed by atoms with E-state index in [1.807, 2.05) is 6.92 Å². The smallest absolute Gasteiger partial charge is 0.416 e. The molecule has 9 heteroatoms. The fourth-order valence-corrected chi connectivity index (χ4v) is 3.29. The van der Waals surface area contributed by atoms with Crippen LogP contribution < -0.4 is 0 Å². The van der Waals surface area contributed by atoms with Gasteiger partial charge in [-0.3, -0.25) is 9.63 Å². The van der Waals surface area contributed by atoms with E-state index in [0.717, 1.165) is 23.3 Å². The zero-order chi connectivity index (χ0) is 22.2. The van der Waals surface area contributed by atoms with E-state index >= 15 is 0 Å². The van der Waals surface area contributed by atoms with Crippen molar-refractivity contribution in [2.45, 2.75) is 45.3 Å². The molecule has 0 radical (unpaired) electrons. The molecule has 164 valence electrons. The molecule has 1 aliphatic rings. The summed E-state index contributed by atoms with van der Waals surface area (Å²) in [6, 6.07) is -0.350. The van der Waals surface area contributed by atoms with Gasteiger partial charge in [-0.25, -0.2) is 9.86 Å². The topological polar surface area (TPSA) is 59.1 Å². The summed E-state index contributed by atoms with van der Waals surface area (Å²) >= 11 is 0. The molecule has 0 N–H and O–H groups in total. The Morgan fingerprint density at radius 2 is 2.00 bits per heavy atom. The Morgan fingerprint density at radius 3 is 2.48 bits per heavy atom. The highest BCUT2D eigenvalue weighted by molar-refractivity contribution is 5.78. The normalized spacial score (nSPS) is 22.2. The molecule has 1 saturated heterocycles. The van der Waals surface area contributed by atoms with E-state index in [4.69, 9.17) is 9.57 Å². The Bertz CT molecular complexity index is 659. The molecular weight excluding hydrogens is 389 g/mol. The third-order valence-electron chi connectivity index (χ3n) is 4.77. The number of nitrogens with zero attached hydrogens (tertiary/aromatic N) is 2.